The van der Waals surface area contributed by atoms with E-state index in [1.54, 1.807) is 30.9 Å². The van der Waals surface area contributed by atoms with Gasteiger partial charge in [-0.25, -0.2) is 8.42 Å². The zero-order valence-corrected chi connectivity index (χ0v) is 19.6. The SMILES string of the molecule is O=C1NCC[C@@]1(NS(=O)(=O)c1ccc(-c2ccncc2)s1)C(Cl)c1ccc2ccncc2c1. The number of nitrogens with zero attached hydrogens (tertiary/aromatic N) is 2. The van der Waals surface area contributed by atoms with Crippen LogP contribution in [0.25, 0.3) is 21.2 Å². The van der Waals surface area contributed by atoms with E-state index in [4.69, 9.17) is 11.6 Å². The Balaban J connectivity index is 1.50. The molecular weight excluding hydrogens is 480 g/mol. The Kier molecular flexibility index (Phi) is 5.65. The highest BCUT2D eigenvalue weighted by atomic mass is 35.5. The first-order valence-electron chi connectivity index (χ1n) is 10.2. The van der Waals surface area contributed by atoms with Crippen molar-refractivity contribution in [1.29, 1.82) is 0 Å². The maximum atomic E-state index is 13.4. The van der Waals surface area contributed by atoms with Crippen molar-refractivity contribution in [3.8, 4) is 10.4 Å². The standard InChI is InChI=1S/C23H19ClN4O3S2/c24-21(17-2-1-15-5-11-26-14-18(15)13-17)23(8-12-27-22(23)29)28-33(30,31)20-4-3-19(32-20)16-6-9-25-10-7-16/h1-7,9-11,13-14,21,28H,8,12H2,(H,27,29)/t21?,23-/m1/s1. The Morgan fingerprint density at radius 3 is 2.58 bits per heavy atom. The molecular formula is C23H19ClN4O3S2. The summed E-state index contributed by atoms with van der Waals surface area (Å²) in [6.07, 6.45) is 6.93. The number of sulfonamides is 1. The second-order valence-corrected chi connectivity index (χ2v) is 11.2. The summed E-state index contributed by atoms with van der Waals surface area (Å²) in [6.45, 7) is 0.326. The summed E-state index contributed by atoms with van der Waals surface area (Å²) in [5, 5.41) is 3.66. The second-order valence-electron chi connectivity index (χ2n) is 7.78. The average molecular weight is 499 g/mol. The summed E-state index contributed by atoms with van der Waals surface area (Å²) in [4.78, 5) is 21.9. The van der Waals surface area contributed by atoms with Crippen LogP contribution in [0.4, 0.5) is 0 Å². The van der Waals surface area contributed by atoms with E-state index >= 15 is 0 Å². The molecule has 1 amide bonds. The van der Waals surface area contributed by atoms with Crippen molar-refractivity contribution < 1.29 is 13.2 Å². The molecule has 1 unspecified atom stereocenters. The van der Waals surface area contributed by atoms with Crippen molar-refractivity contribution in [2.24, 2.45) is 0 Å². The molecule has 0 bridgehead atoms. The molecule has 0 spiro atoms. The highest BCUT2D eigenvalue weighted by molar-refractivity contribution is 7.91. The van der Waals surface area contributed by atoms with Crippen molar-refractivity contribution in [2.75, 3.05) is 6.54 Å². The molecule has 0 radical (unpaired) electrons. The minimum atomic E-state index is -4.02. The van der Waals surface area contributed by atoms with E-state index in [-0.39, 0.29) is 10.6 Å². The van der Waals surface area contributed by atoms with E-state index in [2.05, 4.69) is 20.0 Å². The second kappa shape index (κ2) is 8.49. The van der Waals surface area contributed by atoms with E-state index in [0.29, 0.717) is 12.1 Å². The molecule has 3 aromatic heterocycles. The van der Waals surface area contributed by atoms with Crippen LogP contribution in [0.3, 0.4) is 0 Å². The van der Waals surface area contributed by atoms with Crippen LogP contribution in [0.2, 0.25) is 0 Å². The third-order valence-corrected chi connectivity index (χ3v) is 9.49. The predicted molar refractivity (Wildman–Crippen MR) is 129 cm³/mol. The fourth-order valence-electron chi connectivity index (χ4n) is 4.01. The number of carbonyl (C=O) groups excluding carboxylic acids is 1. The molecule has 1 aliphatic rings. The van der Waals surface area contributed by atoms with Crippen LogP contribution in [-0.4, -0.2) is 36.4 Å². The lowest BCUT2D eigenvalue weighted by atomic mass is 9.89. The van der Waals surface area contributed by atoms with Gasteiger partial charge in [0.25, 0.3) is 10.0 Å². The zero-order valence-electron chi connectivity index (χ0n) is 17.2. The van der Waals surface area contributed by atoms with E-state index < -0.39 is 26.8 Å². The number of carbonyl (C=O) groups is 1. The Morgan fingerprint density at radius 2 is 1.82 bits per heavy atom. The number of amides is 1. The summed E-state index contributed by atoms with van der Waals surface area (Å²) >= 11 is 7.97. The van der Waals surface area contributed by atoms with Gasteiger partial charge >= 0.3 is 0 Å². The fourth-order valence-corrected chi connectivity index (χ4v) is 7.19. The van der Waals surface area contributed by atoms with E-state index in [9.17, 15) is 13.2 Å². The maximum absolute atomic E-state index is 13.4. The number of aromatic nitrogens is 2. The first-order chi connectivity index (χ1) is 15.9. The van der Waals surface area contributed by atoms with Gasteiger partial charge in [0.2, 0.25) is 5.91 Å². The Bertz CT molecular complexity index is 1440. The number of halogens is 1. The van der Waals surface area contributed by atoms with Crippen molar-refractivity contribution in [1.82, 2.24) is 20.0 Å². The van der Waals surface area contributed by atoms with E-state index in [0.717, 1.165) is 32.5 Å². The summed E-state index contributed by atoms with van der Waals surface area (Å²) < 4.78 is 29.5. The summed E-state index contributed by atoms with van der Waals surface area (Å²) in [7, 11) is -4.02. The van der Waals surface area contributed by atoms with Crippen molar-refractivity contribution in [3.63, 3.8) is 0 Å². The van der Waals surface area contributed by atoms with Gasteiger partial charge in [-0.2, -0.15) is 4.72 Å². The van der Waals surface area contributed by atoms with Gasteiger partial charge in [0.15, 0.2) is 0 Å². The maximum Gasteiger partial charge on any atom is 0.251 e. The number of thiophene rings is 1. The molecule has 33 heavy (non-hydrogen) atoms. The van der Waals surface area contributed by atoms with Crippen LogP contribution in [0.15, 0.2) is 77.5 Å². The molecule has 4 heterocycles. The van der Waals surface area contributed by atoms with Crippen LogP contribution < -0.4 is 10.0 Å². The minimum absolute atomic E-state index is 0.111. The van der Waals surface area contributed by atoms with Crippen LogP contribution in [-0.2, 0) is 14.8 Å². The smallest absolute Gasteiger partial charge is 0.251 e. The molecule has 1 aromatic carbocycles. The highest BCUT2D eigenvalue weighted by Crippen LogP contribution is 2.40. The van der Waals surface area contributed by atoms with Gasteiger partial charge in [-0.05, 0) is 59.3 Å². The van der Waals surface area contributed by atoms with E-state index in [1.165, 1.54) is 6.07 Å². The Labute approximate surface area is 199 Å². The number of fused-ring (bicyclic) bond motifs is 1. The molecule has 7 nitrogen and oxygen atoms in total. The van der Waals surface area contributed by atoms with Gasteiger partial charge in [0.1, 0.15) is 9.75 Å². The van der Waals surface area contributed by atoms with Crippen LogP contribution >= 0.6 is 22.9 Å². The largest absolute Gasteiger partial charge is 0.354 e. The van der Waals surface area contributed by atoms with Crippen LogP contribution in [0.1, 0.15) is 17.4 Å². The van der Waals surface area contributed by atoms with Gasteiger partial charge in [-0.3, -0.25) is 14.8 Å². The van der Waals surface area contributed by atoms with Gasteiger partial charge in [0.05, 0.1) is 5.38 Å². The monoisotopic (exact) mass is 498 g/mol. The molecule has 5 rings (SSSR count). The number of pyridine rings is 2. The summed E-state index contributed by atoms with van der Waals surface area (Å²) in [5.74, 6) is -0.441. The number of nitrogens with one attached hydrogen (secondary N) is 2. The topological polar surface area (TPSA) is 101 Å². The number of rotatable bonds is 6. The van der Waals surface area contributed by atoms with Gasteiger partial charge in [0, 0.05) is 41.6 Å². The molecule has 10 heteroatoms. The summed E-state index contributed by atoms with van der Waals surface area (Å²) in [6, 6.07) is 14.3. The van der Waals surface area contributed by atoms with Gasteiger partial charge in [-0.15, -0.1) is 22.9 Å². The fraction of sp³-hybridized carbons (Fsp3) is 0.174. The number of benzene rings is 1. The number of alkyl halides is 1. The molecule has 2 atom stereocenters. The minimum Gasteiger partial charge on any atom is -0.354 e. The van der Waals surface area contributed by atoms with Crippen molar-refractivity contribution >= 4 is 49.6 Å². The lowest BCUT2D eigenvalue weighted by Crippen LogP contribution is -2.56. The normalized spacial score (nSPS) is 19.5. The third-order valence-electron chi connectivity index (χ3n) is 5.73. The lowest BCUT2D eigenvalue weighted by molar-refractivity contribution is -0.124. The van der Waals surface area contributed by atoms with E-state index in [1.807, 2.05) is 36.4 Å². The zero-order chi connectivity index (χ0) is 23.1. The molecule has 2 N–H and O–H groups in total. The number of hydrogen-bond acceptors (Lipinski definition) is 6. The highest BCUT2D eigenvalue weighted by Gasteiger charge is 2.51. The molecule has 0 aliphatic carbocycles. The molecule has 0 saturated carbocycles. The first-order valence-corrected chi connectivity index (χ1v) is 12.9. The lowest BCUT2D eigenvalue weighted by Gasteiger charge is -2.32. The van der Waals surface area contributed by atoms with Crippen LogP contribution in [0.5, 0.6) is 0 Å². The molecule has 168 valence electrons. The van der Waals surface area contributed by atoms with Gasteiger partial charge < -0.3 is 5.32 Å². The summed E-state index contributed by atoms with van der Waals surface area (Å²) in [5.41, 5.74) is -0.0118. The van der Waals surface area contributed by atoms with Gasteiger partial charge in [-0.1, -0.05) is 12.1 Å². The van der Waals surface area contributed by atoms with Crippen molar-refractivity contribution in [2.45, 2.75) is 21.5 Å². The molecule has 1 saturated heterocycles. The molecule has 1 fully saturated rings. The average Bonchev–Trinajstić information content (AvgIpc) is 3.47. The molecule has 4 aromatic rings. The predicted octanol–water partition coefficient (Wildman–Crippen LogP) is 3.88. The number of hydrogen-bond donors (Lipinski definition) is 2. The molecule has 1 aliphatic heterocycles. The quantitative estimate of drug-likeness (QED) is 0.393. The first kappa shape index (κ1) is 22.0. The third kappa shape index (κ3) is 4.02. The Hall–Kier alpha value is -2.85. The Morgan fingerprint density at radius 1 is 1.03 bits per heavy atom. The van der Waals surface area contributed by atoms with Crippen molar-refractivity contribution in [3.05, 3.63) is 78.9 Å². The van der Waals surface area contributed by atoms with Crippen LogP contribution in [0, 0.1) is 0 Å².